The number of hydrogen-bond acceptors (Lipinski definition) is 2. The summed E-state index contributed by atoms with van der Waals surface area (Å²) in [7, 11) is 2.08. The van der Waals surface area contributed by atoms with Crippen molar-refractivity contribution in [3.05, 3.63) is 35.4 Å². The molecule has 0 bridgehead atoms. The van der Waals surface area contributed by atoms with Gasteiger partial charge in [-0.25, -0.2) is 0 Å². The predicted molar refractivity (Wildman–Crippen MR) is 75.9 cm³/mol. The smallest absolute Gasteiger partial charge is 0.0469 e. The monoisotopic (exact) mass is 247 g/mol. The highest BCUT2D eigenvalue weighted by atomic mass is 16.5. The molecule has 1 aromatic rings. The molecule has 100 valence electrons. The third kappa shape index (κ3) is 3.56. The predicted octanol–water partition coefficient (Wildman–Crippen LogP) is 2.81. The molecule has 2 rings (SSSR count). The van der Waals surface area contributed by atoms with Crippen molar-refractivity contribution in [2.75, 3.05) is 20.3 Å². The normalized spacial score (nSPS) is 18.8. The van der Waals surface area contributed by atoms with Crippen LogP contribution in [0.1, 0.15) is 30.9 Å². The quantitative estimate of drug-likeness (QED) is 0.864. The van der Waals surface area contributed by atoms with Gasteiger partial charge in [0.25, 0.3) is 0 Å². The first kappa shape index (κ1) is 13.6. The van der Waals surface area contributed by atoms with Gasteiger partial charge in [-0.05, 0) is 49.8 Å². The number of benzene rings is 1. The summed E-state index contributed by atoms with van der Waals surface area (Å²) >= 11 is 0. The number of nitrogens with one attached hydrogen (secondary N) is 1. The van der Waals surface area contributed by atoms with Crippen LogP contribution >= 0.6 is 0 Å². The maximum atomic E-state index is 5.45. The van der Waals surface area contributed by atoms with E-state index in [0.29, 0.717) is 6.04 Å². The van der Waals surface area contributed by atoms with Gasteiger partial charge >= 0.3 is 0 Å². The summed E-state index contributed by atoms with van der Waals surface area (Å²) in [6.45, 7) is 4.06. The first-order valence-electron chi connectivity index (χ1n) is 7.16. The van der Waals surface area contributed by atoms with Crippen molar-refractivity contribution in [1.82, 2.24) is 5.32 Å². The van der Waals surface area contributed by atoms with Gasteiger partial charge in [0.1, 0.15) is 0 Å². The Morgan fingerprint density at radius 1 is 1.17 bits per heavy atom. The summed E-state index contributed by atoms with van der Waals surface area (Å²) in [6.07, 6.45) is 4.64. The fourth-order valence-electron chi connectivity index (χ4n) is 2.79. The van der Waals surface area contributed by atoms with Crippen molar-refractivity contribution in [3.8, 4) is 0 Å². The largest absolute Gasteiger partial charge is 0.381 e. The van der Waals surface area contributed by atoms with Crippen molar-refractivity contribution in [2.45, 2.75) is 38.6 Å². The van der Waals surface area contributed by atoms with Crippen molar-refractivity contribution >= 4 is 0 Å². The van der Waals surface area contributed by atoms with Gasteiger partial charge in [-0.1, -0.05) is 31.2 Å². The molecule has 1 saturated heterocycles. The van der Waals surface area contributed by atoms with Crippen LogP contribution in [-0.2, 0) is 17.6 Å². The zero-order chi connectivity index (χ0) is 12.8. The minimum atomic E-state index is 0.585. The van der Waals surface area contributed by atoms with E-state index in [-0.39, 0.29) is 0 Å². The molecular formula is C16H25NO. The Kier molecular flexibility index (Phi) is 5.21. The molecule has 1 N–H and O–H groups in total. The lowest BCUT2D eigenvalue weighted by molar-refractivity contribution is 0.0547. The zero-order valence-corrected chi connectivity index (χ0v) is 11.6. The third-order valence-corrected chi connectivity index (χ3v) is 4.09. The minimum absolute atomic E-state index is 0.585. The van der Waals surface area contributed by atoms with E-state index in [0.717, 1.165) is 32.0 Å². The van der Waals surface area contributed by atoms with Crippen LogP contribution in [0, 0.1) is 5.92 Å². The summed E-state index contributed by atoms with van der Waals surface area (Å²) < 4.78 is 5.45. The van der Waals surface area contributed by atoms with Crippen LogP contribution in [0.5, 0.6) is 0 Å². The minimum Gasteiger partial charge on any atom is -0.381 e. The van der Waals surface area contributed by atoms with Gasteiger partial charge in [-0.15, -0.1) is 0 Å². The van der Waals surface area contributed by atoms with Crippen LogP contribution in [0.4, 0.5) is 0 Å². The van der Waals surface area contributed by atoms with E-state index in [4.69, 9.17) is 4.74 Å². The second-order valence-electron chi connectivity index (χ2n) is 5.22. The number of hydrogen-bond donors (Lipinski definition) is 1. The molecule has 1 aromatic carbocycles. The fraction of sp³-hybridized carbons (Fsp3) is 0.625. The lowest BCUT2D eigenvalue weighted by Gasteiger charge is -2.30. The lowest BCUT2D eigenvalue weighted by Crippen LogP contribution is -2.38. The van der Waals surface area contributed by atoms with Gasteiger partial charge in [-0.2, -0.15) is 0 Å². The van der Waals surface area contributed by atoms with Crippen LogP contribution in [0.2, 0.25) is 0 Å². The van der Waals surface area contributed by atoms with E-state index in [1.807, 2.05) is 0 Å². The van der Waals surface area contributed by atoms with Crippen molar-refractivity contribution in [2.24, 2.45) is 5.92 Å². The zero-order valence-electron chi connectivity index (χ0n) is 11.6. The molecule has 1 atom stereocenters. The number of likely N-dealkylation sites (N-methyl/N-ethyl adjacent to an activating group) is 1. The molecule has 0 aliphatic carbocycles. The second kappa shape index (κ2) is 6.91. The van der Waals surface area contributed by atoms with Gasteiger partial charge in [0.15, 0.2) is 0 Å². The van der Waals surface area contributed by atoms with E-state index in [9.17, 15) is 0 Å². The average molecular weight is 247 g/mol. The van der Waals surface area contributed by atoms with E-state index in [2.05, 4.69) is 43.6 Å². The molecule has 1 heterocycles. The van der Waals surface area contributed by atoms with Crippen molar-refractivity contribution < 1.29 is 4.74 Å². The molecule has 0 saturated carbocycles. The van der Waals surface area contributed by atoms with Gasteiger partial charge in [0, 0.05) is 19.3 Å². The third-order valence-electron chi connectivity index (χ3n) is 4.09. The van der Waals surface area contributed by atoms with Crippen LogP contribution < -0.4 is 5.32 Å². The highest BCUT2D eigenvalue weighted by Gasteiger charge is 2.22. The summed E-state index contributed by atoms with van der Waals surface area (Å²) in [6, 6.07) is 9.66. The molecule has 0 aromatic heterocycles. The molecule has 2 heteroatoms. The fourth-order valence-corrected chi connectivity index (χ4v) is 2.79. The molecule has 18 heavy (non-hydrogen) atoms. The summed E-state index contributed by atoms with van der Waals surface area (Å²) in [5.74, 6) is 0.759. The van der Waals surface area contributed by atoms with Crippen molar-refractivity contribution in [1.29, 1.82) is 0 Å². The Balaban J connectivity index is 1.95. The maximum absolute atomic E-state index is 5.45. The van der Waals surface area contributed by atoms with Crippen molar-refractivity contribution in [3.63, 3.8) is 0 Å². The molecule has 0 radical (unpaired) electrons. The Bertz CT molecular complexity index is 341. The van der Waals surface area contributed by atoms with Crippen LogP contribution in [0.3, 0.4) is 0 Å². The van der Waals surface area contributed by atoms with Crippen LogP contribution in [0.15, 0.2) is 24.3 Å². The van der Waals surface area contributed by atoms with Gasteiger partial charge in [0.2, 0.25) is 0 Å². The summed E-state index contributed by atoms with van der Waals surface area (Å²) in [5.41, 5.74) is 2.86. The summed E-state index contributed by atoms with van der Waals surface area (Å²) in [5, 5.41) is 3.49. The van der Waals surface area contributed by atoms with Gasteiger partial charge in [-0.3, -0.25) is 0 Å². The Morgan fingerprint density at radius 2 is 1.78 bits per heavy atom. The van der Waals surface area contributed by atoms with E-state index >= 15 is 0 Å². The van der Waals surface area contributed by atoms with Crippen LogP contribution in [0.25, 0.3) is 0 Å². The highest BCUT2D eigenvalue weighted by Crippen LogP contribution is 2.21. The van der Waals surface area contributed by atoms with Gasteiger partial charge in [0.05, 0.1) is 0 Å². The highest BCUT2D eigenvalue weighted by molar-refractivity contribution is 5.23. The SMILES string of the molecule is CCc1ccc(CC(NC)C2CCOCC2)cc1. The molecule has 2 nitrogen and oxygen atoms in total. The molecule has 1 aliphatic rings. The van der Waals surface area contributed by atoms with E-state index < -0.39 is 0 Å². The molecule has 0 spiro atoms. The number of aryl methyl sites for hydroxylation is 1. The van der Waals surface area contributed by atoms with E-state index in [1.165, 1.54) is 24.0 Å². The lowest BCUT2D eigenvalue weighted by atomic mass is 9.87. The second-order valence-corrected chi connectivity index (χ2v) is 5.22. The van der Waals surface area contributed by atoms with E-state index in [1.54, 1.807) is 0 Å². The average Bonchev–Trinajstić information content (AvgIpc) is 2.46. The van der Waals surface area contributed by atoms with Gasteiger partial charge < -0.3 is 10.1 Å². The molecule has 0 amide bonds. The molecule has 1 unspecified atom stereocenters. The topological polar surface area (TPSA) is 21.3 Å². The molecular weight excluding hydrogens is 222 g/mol. The number of rotatable bonds is 5. The Hall–Kier alpha value is -0.860. The molecule has 1 aliphatic heterocycles. The number of ether oxygens (including phenoxy) is 1. The Labute approximate surface area is 111 Å². The first-order chi connectivity index (χ1) is 8.83. The van der Waals surface area contributed by atoms with Crippen LogP contribution in [-0.4, -0.2) is 26.3 Å². The molecule has 1 fully saturated rings. The summed E-state index contributed by atoms with van der Waals surface area (Å²) in [4.78, 5) is 0. The first-order valence-corrected chi connectivity index (χ1v) is 7.16. The maximum Gasteiger partial charge on any atom is 0.0469 e. The Morgan fingerprint density at radius 3 is 2.33 bits per heavy atom. The standard InChI is InChI=1S/C16H25NO/c1-3-13-4-6-14(7-5-13)12-16(17-2)15-8-10-18-11-9-15/h4-7,15-17H,3,8-12H2,1-2H3.